The van der Waals surface area contributed by atoms with Crippen molar-refractivity contribution in [2.45, 2.75) is 20.4 Å². The van der Waals surface area contributed by atoms with Crippen LogP contribution in [0.5, 0.6) is 0 Å². The van der Waals surface area contributed by atoms with Crippen LogP contribution in [0.4, 0.5) is 0 Å². The molecule has 1 rings (SSSR count). The molecule has 90 valence electrons. The molecule has 1 aromatic rings. The Kier molecular flexibility index (Phi) is 4.50. The fourth-order valence-corrected chi connectivity index (χ4v) is 2.93. The second-order valence-electron chi connectivity index (χ2n) is 4.41. The lowest BCUT2D eigenvalue weighted by molar-refractivity contribution is 0.460. The molecule has 0 fully saturated rings. The smallest absolute Gasteiger partial charge is 0.212 e. The van der Waals surface area contributed by atoms with Crippen molar-refractivity contribution >= 4 is 10.0 Å². The molecule has 3 nitrogen and oxygen atoms in total. The second kappa shape index (κ2) is 5.46. The van der Waals surface area contributed by atoms with Gasteiger partial charge in [0.15, 0.2) is 0 Å². The van der Waals surface area contributed by atoms with E-state index < -0.39 is 10.0 Å². The van der Waals surface area contributed by atoms with E-state index in [0.717, 1.165) is 5.56 Å². The van der Waals surface area contributed by atoms with Gasteiger partial charge in [-0.15, -0.1) is 0 Å². The zero-order chi connectivity index (χ0) is 12.2. The Morgan fingerprint density at radius 3 is 2.25 bits per heavy atom. The van der Waals surface area contributed by atoms with Crippen molar-refractivity contribution in [3.8, 4) is 0 Å². The van der Waals surface area contributed by atoms with Crippen LogP contribution in [0.3, 0.4) is 0 Å². The van der Waals surface area contributed by atoms with E-state index in [4.69, 9.17) is 0 Å². The van der Waals surface area contributed by atoms with Gasteiger partial charge < -0.3 is 0 Å². The molecule has 0 heterocycles. The monoisotopic (exact) mass is 241 g/mol. The largest absolute Gasteiger partial charge is 0.214 e. The summed E-state index contributed by atoms with van der Waals surface area (Å²) < 4.78 is 25.2. The number of benzene rings is 1. The molecule has 16 heavy (non-hydrogen) atoms. The normalized spacial score (nSPS) is 12.3. The van der Waals surface area contributed by atoms with E-state index in [-0.39, 0.29) is 11.7 Å². The zero-order valence-corrected chi connectivity index (χ0v) is 10.9. The SMILES string of the molecule is CC(C)CS(=O)(=O)N(C)Cc1ccccc1. The van der Waals surface area contributed by atoms with Crippen molar-refractivity contribution in [2.75, 3.05) is 12.8 Å². The van der Waals surface area contributed by atoms with Gasteiger partial charge >= 0.3 is 0 Å². The molecule has 0 N–H and O–H groups in total. The van der Waals surface area contributed by atoms with Gasteiger partial charge in [0.2, 0.25) is 10.0 Å². The molecule has 0 bridgehead atoms. The van der Waals surface area contributed by atoms with Gasteiger partial charge in [0.1, 0.15) is 0 Å². The molecule has 0 aliphatic heterocycles. The number of hydrogen-bond donors (Lipinski definition) is 0. The number of hydrogen-bond acceptors (Lipinski definition) is 2. The van der Waals surface area contributed by atoms with E-state index in [1.165, 1.54) is 4.31 Å². The number of rotatable bonds is 5. The van der Waals surface area contributed by atoms with E-state index in [1.54, 1.807) is 7.05 Å². The summed E-state index contributed by atoms with van der Waals surface area (Å²) in [6.07, 6.45) is 0. The molecule has 0 aromatic heterocycles. The molecular formula is C12H19NO2S. The van der Waals surface area contributed by atoms with Crippen LogP contribution in [0, 0.1) is 5.92 Å². The fourth-order valence-electron chi connectivity index (χ4n) is 1.49. The molecule has 0 saturated carbocycles. The highest BCUT2D eigenvalue weighted by Crippen LogP contribution is 2.10. The van der Waals surface area contributed by atoms with E-state index in [0.29, 0.717) is 6.54 Å². The average molecular weight is 241 g/mol. The highest BCUT2D eigenvalue weighted by Gasteiger charge is 2.19. The second-order valence-corrected chi connectivity index (χ2v) is 6.53. The predicted molar refractivity (Wildman–Crippen MR) is 66.5 cm³/mol. The minimum absolute atomic E-state index is 0.156. The molecule has 0 aliphatic carbocycles. The Labute approximate surface area is 98.1 Å². The first-order valence-corrected chi connectivity index (χ1v) is 7.00. The van der Waals surface area contributed by atoms with Gasteiger partial charge in [-0.25, -0.2) is 12.7 Å². The van der Waals surface area contributed by atoms with Crippen molar-refractivity contribution in [2.24, 2.45) is 5.92 Å². The van der Waals surface area contributed by atoms with Gasteiger partial charge in [-0.2, -0.15) is 0 Å². The van der Waals surface area contributed by atoms with Crippen LogP contribution >= 0.6 is 0 Å². The molecule has 0 amide bonds. The van der Waals surface area contributed by atoms with E-state index >= 15 is 0 Å². The maximum Gasteiger partial charge on any atom is 0.214 e. The first-order chi connectivity index (χ1) is 7.42. The van der Waals surface area contributed by atoms with Crippen LogP contribution in [0.25, 0.3) is 0 Å². The number of nitrogens with zero attached hydrogens (tertiary/aromatic N) is 1. The summed E-state index contributed by atoms with van der Waals surface area (Å²) in [7, 11) is -1.49. The number of sulfonamides is 1. The van der Waals surface area contributed by atoms with E-state index in [1.807, 2.05) is 44.2 Å². The van der Waals surface area contributed by atoms with Crippen molar-refractivity contribution in [1.82, 2.24) is 4.31 Å². The van der Waals surface area contributed by atoms with Crippen LogP contribution in [-0.2, 0) is 16.6 Å². The van der Waals surface area contributed by atoms with Gasteiger partial charge in [0, 0.05) is 13.6 Å². The Morgan fingerprint density at radius 1 is 1.19 bits per heavy atom. The summed E-state index contributed by atoms with van der Waals surface area (Å²) in [5, 5.41) is 0. The lowest BCUT2D eigenvalue weighted by atomic mass is 10.2. The van der Waals surface area contributed by atoms with Gasteiger partial charge in [0.05, 0.1) is 5.75 Å². The van der Waals surface area contributed by atoms with Gasteiger partial charge in [-0.1, -0.05) is 44.2 Å². The first kappa shape index (κ1) is 13.2. The van der Waals surface area contributed by atoms with Crippen LogP contribution in [-0.4, -0.2) is 25.5 Å². The summed E-state index contributed by atoms with van der Waals surface area (Å²) in [5.41, 5.74) is 1.01. The Balaban J connectivity index is 2.69. The molecule has 1 aromatic carbocycles. The lowest BCUT2D eigenvalue weighted by Crippen LogP contribution is -2.30. The highest BCUT2D eigenvalue weighted by atomic mass is 32.2. The summed E-state index contributed by atoms with van der Waals surface area (Å²) in [5.74, 6) is 0.360. The average Bonchev–Trinajstić information content (AvgIpc) is 2.17. The van der Waals surface area contributed by atoms with Crippen molar-refractivity contribution in [3.05, 3.63) is 35.9 Å². The fraction of sp³-hybridized carbons (Fsp3) is 0.500. The standard InChI is InChI=1S/C12H19NO2S/c1-11(2)10-16(14,15)13(3)9-12-7-5-4-6-8-12/h4-8,11H,9-10H2,1-3H3. The Morgan fingerprint density at radius 2 is 1.75 bits per heavy atom. The summed E-state index contributed by atoms with van der Waals surface area (Å²) in [6, 6.07) is 9.62. The van der Waals surface area contributed by atoms with Crippen LogP contribution in [0.15, 0.2) is 30.3 Å². The molecule has 0 aliphatic rings. The third-order valence-electron chi connectivity index (χ3n) is 2.27. The molecular weight excluding hydrogens is 222 g/mol. The third-order valence-corrected chi connectivity index (χ3v) is 4.43. The van der Waals surface area contributed by atoms with Gasteiger partial charge in [-0.05, 0) is 11.5 Å². The minimum Gasteiger partial charge on any atom is -0.212 e. The van der Waals surface area contributed by atoms with Crippen molar-refractivity contribution < 1.29 is 8.42 Å². The van der Waals surface area contributed by atoms with Crippen LogP contribution in [0.2, 0.25) is 0 Å². The highest BCUT2D eigenvalue weighted by molar-refractivity contribution is 7.89. The Bertz CT molecular complexity index is 412. The van der Waals surface area contributed by atoms with Crippen molar-refractivity contribution in [3.63, 3.8) is 0 Å². The maximum absolute atomic E-state index is 11.9. The molecule has 0 atom stereocenters. The summed E-state index contributed by atoms with van der Waals surface area (Å²) in [4.78, 5) is 0. The van der Waals surface area contributed by atoms with Gasteiger partial charge in [-0.3, -0.25) is 0 Å². The Hall–Kier alpha value is -0.870. The molecule has 0 spiro atoms. The summed E-state index contributed by atoms with van der Waals surface area (Å²) >= 11 is 0. The molecule has 0 radical (unpaired) electrons. The van der Waals surface area contributed by atoms with Gasteiger partial charge in [0.25, 0.3) is 0 Å². The quantitative estimate of drug-likeness (QED) is 0.791. The van der Waals surface area contributed by atoms with Crippen LogP contribution in [0.1, 0.15) is 19.4 Å². The minimum atomic E-state index is -3.12. The van der Waals surface area contributed by atoms with Crippen LogP contribution < -0.4 is 0 Å². The topological polar surface area (TPSA) is 37.4 Å². The molecule has 0 saturated heterocycles. The third kappa shape index (κ3) is 3.94. The first-order valence-electron chi connectivity index (χ1n) is 5.40. The lowest BCUT2D eigenvalue weighted by Gasteiger charge is -2.18. The molecule has 4 heteroatoms. The van der Waals surface area contributed by atoms with E-state index in [9.17, 15) is 8.42 Å². The predicted octanol–water partition coefficient (Wildman–Crippen LogP) is 2.10. The van der Waals surface area contributed by atoms with E-state index in [2.05, 4.69) is 0 Å². The maximum atomic E-state index is 11.9. The molecule has 0 unspecified atom stereocenters. The van der Waals surface area contributed by atoms with Crippen molar-refractivity contribution in [1.29, 1.82) is 0 Å². The summed E-state index contributed by atoms with van der Waals surface area (Å²) in [6.45, 7) is 4.26. The zero-order valence-electron chi connectivity index (χ0n) is 10.1.